The Bertz CT molecular complexity index is 403. The second kappa shape index (κ2) is 7.42. The molecule has 1 fully saturated rings. The van der Waals surface area contributed by atoms with Gasteiger partial charge in [0.2, 0.25) is 0 Å². The Kier molecular flexibility index (Phi) is 5.83. The zero-order valence-corrected chi connectivity index (χ0v) is 14.2. The van der Waals surface area contributed by atoms with Crippen LogP contribution < -0.4 is 5.32 Å². The summed E-state index contributed by atoms with van der Waals surface area (Å²) in [6.07, 6.45) is 6.64. The topological polar surface area (TPSA) is 15.3 Å². The third kappa shape index (κ3) is 4.82. The van der Waals surface area contributed by atoms with Crippen molar-refractivity contribution in [1.29, 1.82) is 0 Å². The molecule has 2 heteroatoms. The van der Waals surface area contributed by atoms with Crippen molar-refractivity contribution in [2.45, 2.75) is 58.0 Å². The normalized spacial score (nSPS) is 20.6. The predicted octanol–water partition coefficient (Wildman–Crippen LogP) is 4.24. The fourth-order valence-electron chi connectivity index (χ4n) is 3.50. The molecule has 2 rings (SSSR count). The van der Waals surface area contributed by atoms with Gasteiger partial charge in [-0.25, -0.2) is 0 Å². The van der Waals surface area contributed by atoms with E-state index in [1.165, 1.54) is 44.2 Å². The highest BCUT2D eigenvalue weighted by Crippen LogP contribution is 2.36. The minimum atomic E-state index is 0.466. The Morgan fingerprint density at radius 1 is 1.19 bits per heavy atom. The minimum absolute atomic E-state index is 0.466. The summed E-state index contributed by atoms with van der Waals surface area (Å²) in [5, 5.41) is 3.46. The number of nitrogens with one attached hydrogen (secondary N) is 1. The number of benzene rings is 1. The van der Waals surface area contributed by atoms with Gasteiger partial charge in [-0.2, -0.15) is 0 Å². The van der Waals surface area contributed by atoms with E-state index < -0.39 is 0 Å². The Morgan fingerprint density at radius 3 is 2.38 bits per heavy atom. The molecule has 1 unspecified atom stereocenters. The van der Waals surface area contributed by atoms with E-state index in [4.69, 9.17) is 0 Å². The second-order valence-electron chi connectivity index (χ2n) is 7.42. The summed E-state index contributed by atoms with van der Waals surface area (Å²) in [5.41, 5.74) is 1.97. The SMILES string of the molecule is CNC(CCN(C)C1CCC(C)(C)CC1)c1ccccc1. The first-order chi connectivity index (χ1) is 10.0. The molecular formula is C19H32N2. The Balaban J connectivity index is 1.82. The van der Waals surface area contributed by atoms with E-state index in [1.807, 2.05) is 0 Å². The first-order valence-electron chi connectivity index (χ1n) is 8.44. The van der Waals surface area contributed by atoms with Crippen molar-refractivity contribution in [1.82, 2.24) is 10.2 Å². The Labute approximate surface area is 130 Å². The standard InChI is InChI=1S/C19H32N2/c1-19(2)13-10-17(11-14-19)21(4)15-12-18(20-3)16-8-6-5-7-9-16/h5-9,17-18,20H,10-15H2,1-4H3. The molecular weight excluding hydrogens is 256 g/mol. The molecule has 2 nitrogen and oxygen atoms in total. The first-order valence-corrected chi connectivity index (χ1v) is 8.44. The lowest BCUT2D eigenvalue weighted by Gasteiger charge is -2.39. The molecule has 1 aliphatic rings. The molecule has 0 heterocycles. The second-order valence-corrected chi connectivity index (χ2v) is 7.42. The van der Waals surface area contributed by atoms with Crippen LogP contribution in [0.5, 0.6) is 0 Å². The van der Waals surface area contributed by atoms with Crippen molar-refractivity contribution in [2.24, 2.45) is 5.41 Å². The summed E-state index contributed by atoms with van der Waals surface area (Å²) in [6.45, 7) is 6.00. The van der Waals surface area contributed by atoms with E-state index in [2.05, 4.69) is 68.5 Å². The molecule has 1 atom stereocenters. The molecule has 0 radical (unpaired) electrons. The van der Waals surface area contributed by atoms with Crippen LogP contribution in [-0.4, -0.2) is 31.6 Å². The molecule has 0 amide bonds. The predicted molar refractivity (Wildman–Crippen MR) is 91.5 cm³/mol. The van der Waals surface area contributed by atoms with Crippen LogP contribution in [-0.2, 0) is 0 Å². The lowest BCUT2D eigenvalue weighted by molar-refractivity contribution is 0.124. The largest absolute Gasteiger partial charge is 0.313 e. The van der Waals surface area contributed by atoms with Crippen molar-refractivity contribution in [3.8, 4) is 0 Å². The van der Waals surface area contributed by atoms with Crippen molar-refractivity contribution >= 4 is 0 Å². The summed E-state index contributed by atoms with van der Waals surface area (Å²) in [6, 6.07) is 12.1. The number of rotatable bonds is 6. The van der Waals surface area contributed by atoms with Gasteiger partial charge in [-0.1, -0.05) is 44.2 Å². The quantitative estimate of drug-likeness (QED) is 0.842. The molecule has 1 aliphatic carbocycles. The van der Waals surface area contributed by atoms with Gasteiger partial charge in [-0.05, 0) is 63.7 Å². The minimum Gasteiger partial charge on any atom is -0.313 e. The monoisotopic (exact) mass is 288 g/mol. The average Bonchev–Trinajstić information content (AvgIpc) is 2.48. The molecule has 0 bridgehead atoms. The number of nitrogens with zero attached hydrogens (tertiary/aromatic N) is 1. The number of hydrogen-bond donors (Lipinski definition) is 1. The van der Waals surface area contributed by atoms with Crippen LogP contribution in [0.25, 0.3) is 0 Å². The Hall–Kier alpha value is -0.860. The van der Waals surface area contributed by atoms with E-state index >= 15 is 0 Å². The maximum atomic E-state index is 3.46. The van der Waals surface area contributed by atoms with Crippen molar-refractivity contribution < 1.29 is 0 Å². The molecule has 1 aromatic carbocycles. The van der Waals surface area contributed by atoms with E-state index in [0.717, 1.165) is 6.04 Å². The van der Waals surface area contributed by atoms with E-state index in [0.29, 0.717) is 11.5 Å². The van der Waals surface area contributed by atoms with Crippen molar-refractivity contribution in [3.05, 3.63) is 35.9 Å². The molecule has 0 aromatic heterocycles. The van der Waals surface area contributed by atoms with Gasteiger partial charge < -0.3 is 10.2 Å². The highest BCUT2D eigenvalue weighted by Gasteiger charge is 2.28. The molecule has 0 spiro atoms. The smallest absolute Gasteiger partial charge is 0.0329 e. The van der Waals surface area contributed by atoms with Crippen LogP contribution >= 0.6 is 0 Å². The van der Waals surface area contributed by atoms with Crippen molar-refractivity contribution in [2.75, 3.05) is 20.6 Å². The summed E-state index contributed by atoms with van der Waals surface area (Å²) >= 11 is 0. The maximum absolute atomic E-state index is 3.46. The summed E-state index contributed by atoms with van der Waals surface area (Å²) < 4.78 is 0. The molecule has 118 valence electrons. The first kappa shape index (κ1) is 16.5. The number of hydrogen-bond acceptors (Lipinski definition) is 2. The van der Waals surface area contributed by atoms with Crippen LogP contribution in [0.4, 0.5) is 0 Å². The molecule has 0 aliphatic heterocycles. The van der Waals surface area contributed by atoms with Crippen LogP contribution in [0.1, 0.15) is 57.6 Å². The fourth-order valence-corrected chi connectivity index (χ4v) is 3.50. The molecule has 1 saturated carbocycles. The lowest BCUT2D eigenvalue weighted by Crippen LogP contribution is -2.38. The zero-order chi connectivity index (χ0) is 15.3. The van der Waals surface area contributed by atoms with Gasteiger partial charge in [0, 0.05) is 12.1 Å². The molecule has 21 heavy (non-hydrogen) atoms. The maximum Gasteiger partial charge on any atom is 0.0329 e. The summed E-state index contributed by atoms with van der Waals surface area (Å²) in [5.74, 6) is 0. The highest BCUT2D eigenvalue weighted by atomic mass is 15.1. The van der Waals surface area contributed by atoms with Crippen LogP contribution in [0.3, 0.4) is 0 Å². The lowest BCUT2D eigenvalue weighted by atomic mass is 9.75. The summed E-state index contributed by atoms with van der Waals surface area (Å²) in [7, 11) is 4.38. The zero-order valence-electron chi connectivity index (χ0n) is 14.2. The van der Waals surface area contributed by atoms with Crippen molar-refractivity contribution in [3.63, 3.8) is 0 Å². The third-order valence-electron chi connectivity index (χ3n) is 5.25. The van der Waals surface area contributed by atoms with Gasteiger partial charge >= 0.3 is 0 Å². The molecule has 1 aromatic rings. The van der Waals surface area contributed by atoms with Gasteiger partial charge in [0.15, 0.2) is 0 Å². The average molecular weight is 288 g/mol. The van der Waals surface area contributed by atoms with Gasteiger partial charge in [0.05, 0.1) is 0 Å². The third-order valence-corrected chi connectivity index (χ3v) is 5.25. The van der Waals surface area contributed by atoms with Gasteiger partial charge in [-0.3, -0.25) is 0 Å². The van der Waals surface area contributed by atoms with Gasteiger partial charge in [-0.15, -0.1) is 0 Å². The van der Waals surface area contributed by atoms with Gasteiger partial charge in [0.25, 0.3) is 0 Å². The molecule has 1 N–H and O–H groups in total. The fraction of sp³-hybridized carbons (Fsp3) is 0.684. The van der Waals surface area contributed by atoms with Crippen LogP contribution in [0.15, 0.2) is 30.3 Å². The van der Waals surface area contributed by atoms with Crippen LogP contribution in [0.2, 0.25) is 0 Å². The Morgan fingerprint density at radius 2 is 1.81 bits per heavy atom. The van der Waals surface area contributed by atoms with Crippen LogP contribution in [0, 0.1) is 5.41 Å². The van der Waals surface area contributed by atoms with Gasteiger partial charge in [0.1, 0.15) is 0 Å². The molecule has 0 saturated heterocycles. The summed E-state index contributed by atoms with van der Waals surface area (Å²) in [4.78, 5) is 2.59. The van der Waals surface area contributed by atoms with E-state index in [1.54, 1.807) is 0 Å². The van der Waals surface area contributed by atoms with E-state index in [9.17, 15) is 0 Å². The van der Waals surface area contributed by atoms with E-state index in [-0.39, 0.29) is 0 Å². The highest BCUT2D eigenvalue weighted by molar-refractivity contribution is 5.18.